The molecule has 1 N–H and O–H groups in total. The van der Waals surface area contributed by atoms with Gasteiger partial charge < -0.3 is 5.32 Å². The highest BCUT2D eigenvalue weighted by Gasteiger charge is 2.27. The topological polar surface area (TPSA) is 81.8 Å². The molecule has 0 aromatic carbocycles. The summed E-state index contributed by atoms with van der Waals surface area (Å²) in [6.07, 6.45) is 1.83. The maximum absolute atomic E-state index is 12.3. The van der Waals surface area contributed by atoms with Gasteiger partial charge in [0, 0.05) is 16.6 Å². The number of amides is 1. The standard InChI is InChI=1S/C15H23N5O2S/c1-9(2)20-7-12(17-18-20)15(5,6)16-13(21)8-19-10(3)11(4)23-14(19)22/h7,9H,8H2,1-6H3,(H,16,21). The van der Waals surface area contributed by atoms with Crippen LogP contribution in [0.25, 0.3) is 0 Å². The molecular weight excluding hydrogens is 314 g/mol. The average molecular weight is 337 g/mol. The molecule has 2 aromatic rings. The number of carbonyl (C=O) groups excluding carboxylic acids is 1. The zero-order valence-corrected chi connectivity index (χ0v) is 15.2. The summed E-state index contributed by atoms with van der Waals surface area (Å²) < 4.78 is 3.25. The van der Waals surface area contributed by atoms with Gasteiger partial charge in [-0.15, -0.1) is 5.10 Å². The number of hydrogen-bond donors (Lipinski definition) is 1. The third kappa shape index (κ3) is 3.69. The minimum Gasteiger partial charge on any atom is -0.344 e. The van der Waals surface area contributed by atoms with Crippen LogP contribution in [0.15, 0.2) is 11.0 Å². The maximum atomic E-state index is 12.3. The molecule has 0 radical (unpaired) electrons. The van der Waals surface area contributed by atoms with E-state index in [1.165, 1.54) is 4.57 Å². The van der Waals surface area contributed by atoms with Crippen LogP contribution in [-0.4, -0.2) is 25.5 Å². The minimum absolute atomic E-state index is 0.0107. The summed E-state index contributed by atoms with van der Waals surface area (Å²) >= 11 is 1.16. The Balaban J connectivity index is 2.13. The average Bonchev–Trinajstić information content (AvgIpc) is 3.01. The molecule has 8 heteroatoms. The smallest absolute Gasteiger partial charge is 0.308 e. The first-order chi connectivity index (χ1) is 10.6. The molecule has 126 valence electrons. The molecule has 0 atom stereocenters. The molecule has 23 heavy (non-hydrogen) atoms. The van der Waals surface area contributed by atoms with Crippen molar-refractivity contribution >= 4 is 17.2 Å². The second-order valence-corrected chi connectivity index (χ2v) is 7.61. The van der Waals surface area contributed by atoms with Crippen molar-refractivity contribution in [1.82, 2.24) is 24.9 Å². The summed E-state index contributed by atoms with van der Waals surface area (Å²) in [5.74, 6) is -0.225. The van der Waals surface area contributed by atoms with Crippen LogP contribution in [-0.2, 0) is 16.9 Å². The molecule has 0 fully saturated rings. The Morgan fingerprint density at radius 2 is 2.04 bits per heavy atom. The third-order valence-corrected chi connectivity index (χ3v) is 4.81. The van der Waals surface area contributed by atoms with Crippen molar-refractivity contribution in [2.24, 2.45) is 0 Å². The lowest BCUT2D eigenvalue weighted by Crippen LogP contribution is -2.43. The molecule has 0 saturated heterocycles. The highest BCUT2D eigenvalue weighted by Crippen LogP contribution is 2.18. The molecule has 0 aliphatic rings. The van der Waals surface area contributed by atoms with Crippen molar-refractivity contribution in [3.63, 3.8) is 0 Å². The number of hydrogen-bond acceptors (Lipinski definition) is 5. The van der Waals surface area contributed by atoms with Crippen LogP contribution in [0.5, 0.6) is 0 Å². The number of carbonyl (C=O) groups is 1. The molecule has 2 rings (SSSR count). The van der Waals surface area contributed by atoms with Gasteiger partial charge in [-0.3, -0.25) is 14.2 Å². The van der Waals surface area contributed by atoms with Crippen LogP contribution in [0, 0.1) is 13.8 Å². The molecule has 0 saturated carbocycles. The van der Waals surface area contributed by atoms with Crippen molar-refractivity contribution in [2.75, 3.05) is 0 Å². The molecule has 1 amide bonds. The Morgan fingerprint density at radius 3 is 2.52 bits per heavy atom. The molecule has 7 nitrogen and oxygen atoms in total. The highest BCUT2D eigenvalue weighted by molar-refractivity contribution is 7.09. The van der Waals surface area contributed by atoms with Crippen molar-refractivity contribution in [1.29, 1.82) is 0 Å². The molecule has 0 aliphatic heterocycles. The fraction of sp³-hybridized carbons (Fsp3) is 0.600. The van der Waals surface area contributed by atoms with Crippen LogP contribution in [0.2, 0.25) is 0 Å². The predicted molar refractivity (Wildman–Crippen MR) is 89.6 cm³/mol. The quantitative estimate of drug-likeness (QED) is 0.901. The van der Waals surface area contributed by atoms with E-state index in [9.17, 15) is 9.59 Å². The van der Waals surface area contributed by atoms with E-state index in [1.54, 1.807) is 4.68 Å². The minimum atomic E-state index is -0.660. The van der Waals surface area contributed by atoms with Crippen LogP contribution in [0.4, 0.5) is 0 Å². The van der Waals surface area contributed by atoms with Gasteiger partial charge in [0.15, 0.2) is 0 Å². The van der Waals surface area contributed by atoms with Crippen molar-refractivity contribution in [2.45, 2.75) is 59.7 Å². The maximum Gasteiger partial charge on any atom is 0.308 e. The summed E-state index contributed by atoms with van der Waals surface area (Å²) in [4.78, 5) is 25.0. The fourth-order valence-electron chi connectivity index (χ4n) is 2.18. The Hall–Kier alpha value is -1.96. The predicted octanol–water partition coefficient (Wildman–Crippen LogP) is 1.75. The van der Waals surface area contributed by atoms with E-state index < -0.39 is 5.54 Å². The van der Waals surface area contributed by atoms with E-state index in [-0.39, 0.29) is 23.4 Å². The van der Waals surface area contributed by atoms with Gasteiger partial charge in [-0.25, -0.2) is 4.68 Å². The van der Waals surface area contributed by atoms with E-state index in [0.29, 0.717) is 5.69 Å². The van der Waals surface area contributed by atoms with E-state index >= 15 is 0 Å². The molecule has 0 aliphatic carbocycles. The zero-order valence-electron chi connectivity index (χ0n) is 14.4. The monoisotopic (exact) mass is 337 g/mol. The summed E-state index contributed by atoms with van der Waals surface area (Å²) in [7, 11) is 0. The van der Waals surface area contributed by atoms with Gasteiger partial charge in [-0.05, 0) is 41.5 Å². The number of aryl methyl sites for hydroxylation is 1. The van der Waals surface area contributed by atoms with Crippen LogP contribution >= 0.6 is 11.3 Å². The van der Waals surface area contributed by atoms with E-state index in [0.717, 1.165) is 21.9 Å². The lowest BCUT2D eigenvalue weighted by atomic mass is 10.0. The van der Waals surface area contributed by atoms with E-state index in [4.69, 9.17) is 0 Å². The Kier molecular flexibility index (Phi) is 4.74. The van der Waals surface area contributed by atoms with Crippen molar-refractivity contribution < 1.29 is 4.79 Å². The molecular formula is C15H23N5O2S. The number of rotatable bonds is 5. The van der Waals surface area contributed by atoms with Crippen molar-refractivity contribution in [3.8, 4) is 0 Å². The third-order valence-electron chi connectivity index (χ3n) is 3.81. The SMILES string of the molecule is Cc1sc(=O)n(CC(=O)NC(C)(C)c2cn(C(C)C)nn2)c1C. The lowest BCUT2D eigenvalue weighted by Gasteiger charge is -2.24. The van der Waals surface area contributed by atoms with Gasteiger partial charge in [0.05, 0.1) is 11.7 Å². The first-order valence-corrected chi connectivity index (χ1v) is 8.33. The number of aromatic nitrogens is 4. The Morgan fingerprint density at radius 1 is 1.39 bits per heavy atom. The molecule has 0 unspecified atom stereocenters. The number of nitrogens with zero attached hydrogens (tertiary/aromatic N) is 4. The first-order valence-electron chi connectivity index (χ1n) is 7.52. The highest BCUT2D eigenvalue weighted by atomic mass is 32.1. The van der Waals surface area contributed by atoms with Gasteiger partial charge >= 0.3 is 4.87 Å². The molecule has 0 bridgehead atoms. The summed E-state index contributed by atoms with van der Waals surface area (Å²) in [6.45, 7) is 11.5. The fourth-order valence-corrected chi connectivity index (χ4v) is 3.01. The van der Waals surface area contributed by atoms with E-state index in [1.807, 2.05) is 47.7 Å². The van der Waals surface area contributed by atoms with Crippen LogP contribution in [0.1, 0.15) is 50.0 Å². The zero-order chi connectivity index (χ0) is 17.4. The largest absolute Gasteiger partial charge is 0.344 e. The van der Waals surface area contributed by atoms with Gasteiger partial charge in [0.2, 0.25) is 5.91 Å². The molecule has 2 heterocycles. The Labute approximate surface area is 139 Å². The van der Waals surface area contributed by atoms with Crippen LogP contribution in [0.3, 0.4) is 0 Å². The summed E-state index contributed by atoms with van der Waals surface area (Å²) in [5, 5.41) is 11.1. The number of nitrogens with one attached hydrogen (secondary N) is 1. The second-order valence-electron chi connectivity index (χ2n) is 6.45. The van der Waals surface area contributed by atoms with Gasteiger partial charge in [0.25, 0.3) is 0 Å². The molecule has 0 spiro atoms. The van der Waals surface area contributed by atoms with Gasteiger partial charge in [0.1, 0.15) is 12.2 Å². The van der Waals surface area contributed by atoms with Crippen LogP contribution < -0.4 is 10.2 Å². The summed E-state index contributed by atoms with van der Waals surface area (Å²) in [6, 6.07) is 0.206. The lowest BCUT2D eigenvalue weighted by molar-refractivity contribution is -0.123. The van der Waals surface area contributed by atoms with E-state index in [2.05, 4.69) is 15.6 Å². The normalized spacial score (nSPS) is 12.0. The molecule has 2 aromatic heterocycles. The number of thiazole rings is 1. The first kappa shape index (κ1) is 17.4. The second kappa shape index (κ2) is 6.27. The van der Waals surface area contributed by atoms with Gasteiger partial charge in [-0.1, -0.05) is 16.6 Å². The Bertz CT molecular complexity index is 769. The summed E-state index contributed by atoms with van der Waals surface area (Å²) in [5.41, 5.74) is 0.858. The van der Waals surface area contributed by atoms with Crippen molar-refractivity contribution in [3.05, 3.63) is 32.1 Å². The van der Waals surface area contributed by atoms with Gasteiger partial charge in [-0.2, -0.15) is 0 Å².